The Morgan fingerprint density at radius 3 is 2.86 bits per heavy atom. The van der Waals surface area contributed by atoms with Crippen molar-refractivity contribution in [3.05, 3.63) is 12.3 Å². The van der Waals surface area contributed by atoms with Crippen LogP contribution < -0.4 is 11.1 Å². The van der Waals surface area contributed by atoms with Gasteiger partial charge in [0.15, 0.2) is 6.29 Å². The van der Waals surface area contributed by atoms with E-state index >= 15 is 0 Å². The number of nitrogens with zero attached hydrogens (tertiary/aromatic N) is 1. The summed E-state index contributed by atoms with van der Waals surface area (Å²) in [6.45, 7) is 0. The third kappa shape index (κ3) is 1.01. The van der Waals surface area contributed by atoms with Crippen LogP contribution in [0.5, 0.6) is 0 Å². The van der Waals surface area contributed by atoms with Gasteiger partial charge in [-0.2, -0.15) is 0 Å². The molecule has 1 aliphatic rings. The number of hydrogen-bond acceptors (Lipinski definition) is 3. The van der Waals surface area contributed by atoms with Crippen molar-refractivity contribution in [2.75, 3.05) is 0 Å². The minimum Gasteiger partial charge on any atom is -0.358 e. The maximum atomic E-state index is 5.27. The molecule has 0 radical (unpaired) electrons. The molecule has 0 aliphatic carbocycles. The van der Waals surface area contributed by atoms with Crippen molar-refractivity contribution in [2.45, 2.75) is 6.29 Å². The fraction of sp³-hybridized carbons (Fsp3) is 0.250. The SMILES string of the molecule is N[C@H]1N=CC=CN1. The molecule has 1 atom stereocenters. The number of allylic oxidation sites excluding steroid dienone is 1. The van der Waals surface area contributed by atoms with Crippen molar-refractivity contribution in [1.82, 2.24) is 5.32 Å². The number of nitrogens with one attached hydrogen (secondary N) is 1. The Labute approximate surface area is 41.9 Å². The predicted molar refractivity (Wildman–Crippen MR) is 28.7 cm³/mol. The van der Waals surface area contributed by atoms with Crippen LogP contribution in [-0.2, 0) is 0 Å². The lowest BCUT2D eigenvalue weighted by Gasteiger charge is -2.06. The highest BCUT2D eigenvalue weighted by molar-refractivity contribution is 5.71. The zero-order valence-corrected chi connectivity index (χ0v) is 3.83. The van der Waals surface area contributed by atoms with Crippen molar-refractivity contribution in [1.29, 1.82) is 0 Å². The van der Waals surface area contributed by atoms with Crippen LogP contribution in [0.25, 0.3) is 0 Å². The number of rotatable bonds is 0. The second-order valence-electron chi connectivity index (χ2n) is 1.27. The summed E-state index contributed by atoms with van der Waals surface area (Å²) in [6, 6.07) is 0. The second kappa shape index (κ2) is 1.75. The van der Waals surface area contributed by atoms with Crippen LogP contribution in [-0.4, -0.2) is 12.5 Å². The molecule has 7 heavy (non-hydrogen) atoms. The van der Waals surface area contributed by atoms with E-state index in [0.29, 0.717) is 0 Å². The monoisotopic (exact) mass is 97.1 g/mol. The summed E-state index contributed by atoms with van der Waals surface area (Å²) in [6.07, 6.45) is 4.99. The summed E-state index contributed by atoms with van der Waals surface area (Å²) < 4.78 is 0. The first kappa shape index (κ1) is 4.33. The molecule has 1 aliphatic heterocycles. The van der Waals surface area contributed by atoms with Gasteiger partial charge in [-0.1, -0.05) is 0 Å². The molecular weight excluding hydrogens is 90.1 g/mol. The first-order valence-corrected chi connectivity index (χ1v) is 2.09. The van der Waals surface area contributed by atoms with Gasteiger partial charge in [-0.15, -0.1) is 0 Å². The van der Waals surface area contributed by atoms with Gasteiger partial charge in [0.25, 0.3) is 0 Å². The fourth-order valence-corrected chi connectivity index (χ4v) is 0.383. The van der Waals surface area contributed by atoms with Gasteiger partial charge in [0.05, 0.1) is 0 Å². The van der Waals surface area contributed by atoms with E-state index in [1.807, 2.05) is 0 Å². The maximum absolute atomic E-state index is 5.27. The van der Waals surface area contributed by atoms with Crippen molar-refractivity contribution in [3.63, 3.8) is 0 Å². The van der Waals surface area contributed by atoms with Gasteiger partial charge >= 0.3 is 0 Å². The van der Waals surface area contributed by atoms with Gasteiger partial charge in [0, 0.05) is 12.4 Å². The van der Waals surface area contributed by atoms with Gasteiger partial charge in [-0.05, 0) is 6.08 Å². The van der Waals surface area contributed by atoms with Crippen molar-refractivity contribution >= 4 is 6.21 Å². The molecule has 0 saturated carbocycles. The second-order valence-corrected chi connectivity index (χ2v) is 1.27. The molecule has 3 heteroatoms. The van der Waals surface area contributed by atoms with E-state index < -0.39 is 0 Å². The minimum atomic E-state index is -0.231. The molecule has 38 valence electrons. The highest BCUT2D eigenvalue weighted by Gasteiger charge is 1.91. The van der Waals surface area contributed by atoms with E-state index in [-0.39, 0.29) is 6.29 Å². The highest BCUT2D eigenvalue weighted by Crippen LogP contribution is 1.79. The number of nitrogens with two attached hydrogens (primary N) is 1. The zero-order valence-electron chi connectivity index (χ0n) is 3.83. The van der Waals surface area contributed by atoms with E-state index in [0.717, 1.165) is 0 Å². The molecule has 0 unspecified atom stereocenters. The molecule has 0 aromatic rings. The molecule has 0 spiro atoms. The summed E-state index contributed by atoms with van der Waals surface area (Å²) in [5, 5.41) is 2.78. The third-order valence-corrected chi connectivity index (χ3v) is 0.696. The van der Waals surface area contributed by atoms with Crippen LogP contribution in [0, 0.1) is 0 Å². The highest BCUT2D eigenvalue weighted by atomic mass is 15.2. The molecule has 1 heterocycles. The minimum absolute atomic E-state index is 0.231. The Kier molecular flexibility index (Phi) is 1.08. The molecule has 0 aromatic heterocycles. The Balaban J connectivity index is 2.49. The molecule has 3 N–H and O–H groups in total. The smallest absolute Gasteiger partial charge is 0.170 e. The van der Waals surface area contributed by atoms with Crippen molar-refractivity contribution < 1.29 is 0 Å². The molecule has 0 fully saturated rings. The van der Waals surface area contributed by atoms with E-state index in [4.69, 9.17) is 5.73 Å². The summed E-state index contributed by atoms with van der Waals surface area (Å²) >= 11 is 0. The van der Waals surface area contributed by atoms with Crippen LogP contribution in [0.15, 0.2) is 17.3 Å². The van der Waals surface area contributed by atoms with E-state index in [2.05, 4.69) is 10.3 Å². The first-order chi connectivity index (χ1) is 3.39. The number of hydrogen-bond donors (Lipinski definition) is 2. The van der Waals surface area contributed by atoms with Crippen LogP contribution in [0.1, 0.15) is 0 Å². The quantitative estimate of drug-likeness (QED) is 0.424. The van der Waals surface area contributed by atoms with Crippen LogP contribution in [0.2, 0.25) is 0 Å². The average molecular weight is 97.1 g/mol. The van der Waals surface area contributed by atoms with Crippen LogP contribution in [0.4, 0.5) is 0 Å². The lowest BCUT2D eigenvalue weighted by Crippen LogP contribution is -2.32. The number of aliphatic imine (C=N–C) groups is 1. The van der Waals surface area contributed by atoms with Gasteiger partial charge in [-0.3, -0.25) is 10.7 Å². The Bertz CT molecular complexity index is 106. The van der Waals surface area contributed by atoms with Gasteiger partial charge in [0.2, 0.25) is 0 Å². The zero-order chi connectivity index (χ0) is 5.11. The van der Waals surface area contributed by atoms with E-state index in [1.54, 1.807) is 18.5 Å². The standard InChI is InChI=1S/C4H7N3/c5-4-6-2-1-3-7-4/h1-4,6H,5H2/t4-/m1/s1. The van der Waals surface area contributed by atoms with Crippen molar-refractivity contribution in [2.24, 2.45) is 10.7 Å². The normalized spacial score (nSPS) is 27.3. The summed E-state index contributed by atoms with van der Waals surface area (Å²) in [5.41, 5.74) is 5.27. The molecule has 0 aromatic carbocycles. The van der Waals surface area contributed by atoms with E-state index in [9.17, 15) is 0 Å². The molecular formula is C4H7N3. The fourth-order valence-electron chi connectivity index (χ4n) is 0.383. The molecule has 0 amide bonds. The van der Waals surface area contributed by atoms with Gasteiger partial charge in [0.1, 0.15) is 0 Å². The van der Waals surface area contributed by atoms with Crippen LogP contribution in [0.3, 0.4) is 0 Å². The summed E-state index contributed by atoms with van der Waals surface area (Å²) in [5.74, 6) is 0. The summed E-state index contributed by atoms with van der Waals surface area (Å²) in [7, 11) is 0. The first-order valence-electron chi connectivity index (χ1n) is 2.09. The van der Waals surface area contributed by atoms with Crippen LogP contribution >= 0.6 is 0 Å². The lowest BCUT2D eigenvalue weighted by molar-refractivity contribution is 0.639. The molecule has 1 rings (SSSR count). The summed E-state index contributed by atoms with van der Waals surface area (Å²) in [4.78, 5) is 3.78. The molecule has 3 nitrogen and oxygen atoms in total. The van der Waals surface area contributed by atoms with Gasteiger partial charge in [-0.25, -0.2) is 0 Å². The van der Waals surface area contributed by atoms with Crippen molar-refractivity contribution in [3.8, 4) is 0 Å². The van der Waals surface area contributed by atoms with E-state index in [1.165, 1.54) is 0 Å². The lowest BCUT2D eigenvalue weighted by atomic mass is 10.6. The predicted octanol–water partition coefficient (Wildman–Crippen LogP) is -0.584. The Hall–Kier alpha value is -0.830. The average Bonchev–Trinajstić information content (AvgIpc) is 1.69. The third-order valence-electron chi connectivity index (χ3n) is 0.696. The van der Waals surface area contributed by atoms with Gasteiger partial charge < -0.3 is 5.32 Å². The molecule has 0 saturated heterocycles. The Morgan fingerprint density at radius 2 is 2.57 bits per heavy atom. The maximum Gasteiger partial charge on any atom is 0.170 e. The topological polar surface area (TPSA) is 50.4 Å². The Morgan fingerprint density at radius 1 is 1.71 bits per heavy atom. The largest absolute Gasteiger partial charge is 0.358 e. The molecule has 0 bridgehead atoms.